The number of nitrogens with two attached hydrogens (primary N) is 1. The zero-order valence-electron chi connectivity index (χ0n) is 16.5. The SMILES string of the molecule is CCC.CCn1cc(-c2cc(N3CCOC3=O)n(C)n2)c2[nH]nc(N)c2c1=O. The molecule has 1 aliphatic heterocycles. The molecule has 3 aromatic rings. The van der Waals surface area contributed by atoms with Crippen molar-refractivity contribution in [3.63, 3.8) is 0 Å². The number of aromatic nitrogens is 5. The quantitative estimate of drug-likeness (QED) is 0.709. The fourth-order valence-corrected chi connectivity index (χ4v) is 3.06. The Balaban J connectivity index is 0.000000706. The van der Waals surface area contributed by atoms with Crippen LogP contribution in [0.3, 0.4) is 0 Å². The van der Waals surface area contributed by atoms with Gasteiger partial charge in [-0.3, -0.25) is 19.5 Å². The molecule has 10 heteroatoms. The number of ether oxygens (including phenoxy) is 1. The third-order valence-electron chi connectivity index (χ3n) is 4.33. The Morgan fingerprint density at radius 3 is 2.61 bits per heavy atom. The van der Waals surface area contributed by atoms with Crippen molar-refractivity contribution in [1.29, 1.82) is 0 Å². The highest BCUT2D eigenvalue weighted by Gasteiger charge is 2.27. The van der Waals surface area contributed by atoms with Crippen molar-refractivity contribution in [3.05, 3.63) is 22.6 Å². The van der Waals surface area contributed by atoms with Gasteiger partial charge in [-0.2, -0.15) is 10.2 Å². The summed E-state index contributed by atoms with van der Waals surface area (Å²) < 4.78 is 8.15. The maximum Gasteiger partial charge on any atom is 0.415 e. The van der Waals surface area contributed by atoms with E-state index in [1.54, 1.807) is 28.6 Å². The highest BCUT2D eigenvalue weighted by Crippen LogP contribution is 2.30. The lowest BCUT2D eigenvalue weighted by atomic mass is 10.1. The Hall–Kier alpha value is -3.30. The predicted molar refractivity (Wildman–Crippen MR) is 107 cm³/mol. The number of anilines is 2. The van der Waals surface area contributed by atoms with Crippen molar-refractivity contribution in [1.82, 2.24) is 24.5 Å². The molecule has 0 aromatic carbocycles. The van der Waals surface area contributed by atoms with Crippen LogP contribution in [0, 0.1) is 0 Å². The number of aromatic amines is 1. The first-order valence-corrected chi connectivity index (χ1v) is 9.28. The van der Waals surface area contributed by atoms with Gasteiger partial charge in [-0.15, -0.1) is 0 Å². The van der Waals surface area contributed by atoms with Crippen LogP contribution in [0.1, 0.15) is 27.2 Å². The van der Waals surface area contributed by atoms with Gasteiger partial charge in [0.25, 0.3) is 5.56 Å². The maximum atomic E-state index is 12.5. The number of carbonyl (C=O) groups excluding carboxylic acids is 1. The predicted octanol–water partition coefficient (Wildman–Crippen LogP) is 2.10. The van der Waals surface area contributed by atoms with Crippen molar-refractivity contribution in [2.75, 3.05) is 23.8 Å². The number of pyridine rings is 1. The smallest absolute Gasteiger partial charge is 0.415 e. The molecule has 28 heavy (non-hydrogen) atoms. The van der Waals surface area contributed by atoms with E-state index in [-0.39, 0.29) is 11.4 Å². The Kier molecular flexibility index (Phi) is 5.39. The number of amides is 1. The molecule has 0 bridgehead atoms. The zero-order chi connectivity index (χ0) is 20.4. The number of H-pyrrole nitrogens is 1. The second kappa shape index (κ2) is 7.75. The number of nitrogens with zero attached hydrogens (tertiary/aromatic N) is 5. The second-order valence-electron chi connectivity index (χ2n) is 6.48. The van der Waals surface area contributed by atoms with Gasteiger partial charge in [0.1, 0.15) is 17.8 Å². The third-order valence-corrected chi connectivity index (χ3v) is 4.33. The molecule has 3 aromatic heterocycles. The lowest BCUT2D eigenvalue weighted by Crippen LogP contribution is -2.25. The summed E-state index contributed by atoms with van der Waals surface area (Å²) in [6.45, 7) is 7.43. The Bertz CT molecular complexity index is 1060. The number of fused-ring (bicyclic) bond motifs is 1. The summed E-state index contributed by atoms with van der Waals surface area (Å²) in [5.41, 5.74) is 7.47. The van der Waals surface area contributed by atoms with E-state index in [1.165, 1.54) is 11.3 Å². The molecule has 10 nitrogen and oxygen atoms in total. The normalized spacial score (nSPS) is 13.6. The maximum absolute atomic E-state index is 12.5. The van der Waals surface area contributed by atoms with E-state index in [0.717, 1.165) is 0 Å². The fraction of sp³-hybridized carbons (Fsp3) is 0.444. The van der Waals surface area contributed by atoms with Crippen LogP contribution in [-0.2, 0) is 18.3 Å². The van der Waals surface area contributed by atoms with E-state index in [4.69, 9.17) is 10.5 Å². The highest BCUT2D eigenvalue weighted by atomic mass is 16.6. The number of carbonyl (C=O) groups is 1. The van der Waals surface area contributed by atoms with Gasteiger partial charge in [0.2, 0.25) is 0 Å². The molecule has 0 atom stereocenters. The van der Waals surface area contributed by atoms with E-state index in [9.17, 15) is 9.59 Å². The fourth-order valence-electron chi connectivity index (χ4n) is 3.06. The van der Waals surface area contributed by atoms with Crippen LogP contribution in [0.4, 0.5) is 16.4 Å². The van der Waals surface area contributed by atoms with Crippen LogP contribution in [0.15, 0.2) is 17.1 Å². The largest absolute Gasteiger partial charge is 0.447 e. The van der Waals surface area contributed by atoms with Crippen LogP contribution in [0.25, 0.3) is 22.2 Å². The summed E-state index contributed by atoms with van der Waals surface area (Å²) in [4.78, 5) is 25.8. The minimum Gasteiger partial charge on any atom is -0.447 e. The molecule has 3 N–H and O–H groups in total. The van der Waals surface area contributed by atoms with Crippen molar-refractivity contribution in [3.8, 4) is 11.3 Å². The second-order valence-corrected chi connectivity index (χ2v) is 6.48. The van der Waals surface area contributed by atoms with Gasteiger partial charge in [-0.05, 0) is 6.92 Å². The van der Waals surface area contributed by atoms with E-state index in [2.05, 4.69) is 29.1 Å². The molecule has 1 aliphatic rings. The lowest BCUT2D eigenvalue weighted by Gasteiger charge is -2.11. The van der Waals surface area contributed by atoms with Gasteiger partial charge in [-0.1, -0.05) is 20.3 Å². The molecule has 4 rings (SSSR count). The molecule has 1 amide bonds. The minimum absolute atomic E-state index is 0.156. The Labute approximate surface area is 161 Å². The summed E-state index contributed by atoms with van der Waals surface area (Å²) in [6, 6.07) is 1.78. The Morgan fingerprint density at radius 1 is 1.29 bits per heavy atom. The van der Waals surface area contributed by atoms with Gasteiger partial charge in [0.05, 0.1) is 17.8 Å². The lowest BCUT2D eigenvalue weighted by molar-refractivity contribution is 0.181. The summed E-state index contributed by atoms with van der Waals surface area (Å²) in [5.74, 6) is 0.774. The minimum atomic E-state index is -0.399. The molecule has 0 unspecified atom stereocenters. The monoisotopic (exact) mass is 387 g/mol. The standard InChI is InChI=1S/C15H17N7O3.C3H8/c1-3-21-7-8(12-11(14(21)23)13(16)18-17-12)9-6-10(20(2)19-9)22-4-5-25-15(22)24;1-3-2/h6-7H,3-5H2,1-2H3,(H3,16,17,18);3H2,1-2H3. The first kappa shape index (κ1) is 19.5. The summed E-state index contributed by atoms with van der Waals surface area (Å²) in [6.07, 6.45) is 2.57. The number of nitrogen functional groups attached to an aromatic ring is 1. The molecule has 0 saturated carbocycles. The van der Waals surface area contributed by atoms with Gasteiger partial charge in [-0.25, -0.2) is 4.79 Å². The summed E-state index contributed by atoms with van der Waals surface area (Å²) >= 11 is 0. The van der Waals surface area contributed by atoms with Crippen molar-refractivity contribution < 1.29 is 9.53 Å². The average molecular weight is 387 g/mol. The molecule has 1 fully saturated rings. The number of hydrogen-bond donors (Lipinski definition) is 2. The number of rotatable bonds is 3. The van der Waals surface area contributed by atoms with Gasteiger partial charge in [0.15, 0.2) is 5.82 Å². The Morgan fingerprint density at radius 2 is 2.00 bits per heavy atom. The van der Waals surface area contributed by atoms with E-state index in [1.807, 2.05) is 6.92 Å². The average Bonchev–Trinajstić information content (AvgIpc) is 3.35. The number of nitrogens with one attached hydrogen (secondary N) is 1. The van der Waals surface area contributed by atoms with Gasteiger partial charge < -0.3 is 15.0 Å². The van der Waals surface area contributed by atoms with E-state index < -0.39 is 6.09 Å². The molecular formula is C18H25N7O3. The van der Waals surface area contributed by atoms with Crippen LogP contribution < -0.4 is 16.2 Å². The number of cyclic esters (lactones) is 1. The summed E-state index contributed by atoms with van der Waals surface area (Å²) in [5, 5.41) is 11.6. The van der Waals surface area contributed by atoms with Crippen molar-refractivity contribution in [2.45, 2.75) is 33.7 Å². The first-order valence-electron chi connectivity index (χ1n) is 9.28. The van der Waals surface area contributed by atoms with E-state index in [0.29, 0.717) is 47.7 Å². The number of aryl methyl sites for hydroxylation is 2. The van der Waals surface area contributed by atoms with Crippen LogP contribution in [0.5, 0.6) is 0 Å². The molecule has 0 spiro atoms. The van der Waals surface area contributed by atoms with Crippen LogP contribution >= 0.6 is 0 Å². The van der Waals surface area contributed by atoms with Crippen LogP contribution in [0.2, 0.25) is 0 Å². The molecule has 150 valence electrons. The highest BCUT2D eigenvalue weighted by molar-refractivity contribution is 5.98. The van der Waals surface area contributed by atoms with Crippen LogP contribution in [-0.4, -0.2) is 43.8 Å². The molecule has 0 aliphatic carbocycles. The van der Waals surface area contributed by atoms with Gasteiger partial charge in [0, 0.05) is 31.4 Å². The molecular weight excluding hydrogens is 362 g/mol. The first-order chi connectivity index (χ1) is 13.4. The van der Waals surface area contributed by atoms with E-state index >= 15 is 0 Å². The topological polar surface area (TPSA) is 124 Å². The van der Waals surface area contributed by atoms with Crippen molar-refractivity contribution in [2.24, 2.45) is 7.05 Å². The van der Waals surface area contributed by atoms with Crippen molar-refractivity contribution >= 4 is 28.6 Å². The number of hydrogen-bond acceptors (Lipinski definition) is 6. The zero-order valence-corrected chi connectivity index (χ0v) is 16.5. The van der Waals surface area contributed by atoms with Gasteiger partial charge >= 0.3 is 6.09 Å². The molecule has 4 heterocycles. The third kappa shape index (κ3) is 3.21. The molecule has 0 radical (unpaired) electrons. The molecule has 1 saturated heterocycles. The summed E-state index contributed by atoms with van der Waals surface area (Å²) in [7, 11) is 1.75.